The van der Waals surface area contributed by atoms with Crippen molar-refractivity contribution >= 4 is 50.3 Å². The van der Waals surface area contributed by atoms with E-state index >= 15 is 0 Å². The molecule has 0 saturated carbocycles. The Kier molecular flexibility index (Phi) is 5.99. The molecule has 5 heteroatoms. The molecule has 1 heterocycles. The molecule has 0 amide bonds. The molecular weight excluding hydrogens is 381 g/mol. The fraction of sp³-hybridized carbons (Fsp3) is 0.0769. The lowest BCUT2D eigenvalue weighted by atomic mass is 10.1. The Bertz CT molecular complexity index is 543. The summed E-state index contributed by atoms with van der Waals surface area (Å²) in [6, 6.07) is 10.7. The molecule has 0 radical (unpaired) electrons. The minimum atomic E-state index is 0. The van der Waals surface area contributed by atoms with Crippen molar-refractivity contribution < 1.29 is 9.36 Å². The van der Waals surface area contributed by atoms with Gasteiger partial charge in [0.2, 0.25) is 12.3 Å². The minimum Gasteiger partial charge on any atom is -0.287 e. The first kappa shape index (κ1) is 15.3. The van der Waals surface area contributed by atoms with E-state index in [2.05, 4.69) is 15.9 Å². The van der Waals surface area contributed by atoms with Crippen LogP contribution in [0.3, 0.4) is 0 Å². The van der Waals surface area contributed by atoms with E-state index in [-0.39, 0.29) is 22.8 Å². The maximum Gasteiger partial charge on any atom is 0.227 e. The van der Waals surface area contributed by atoms with E-state index in [1.807, 2.05) is 29.1 Å². The van der Waals surface area contributed by atoms with Gasteiger partial charge in [-0.2, -0.15) is 4.57 Å². The molecule has 0 aliphatic carbocycles. The van der Waals surface area contributed by atoms with Crippen LogP contribution in [-0.4, -0.2) is 5.78 Å². The van der Waals surface area contributed by atoms with Crippen molar-refractivity contribution in [1.82, 2.24) is 0 Å². The highest BCUT2D eigenvalue weighted by atomic mass is 79.9. The second kappa shape index (κ2) is 7.02. The Morgan fingerprint density at radius 1 is 1.22 bits per heavy atom. The molecule has 0 aliphatic rings. The van der Waals surface area contributed by atoms with Crippen LogP contribution >= 0.6 is 44.5 Å². The summed E-state index contributed by atoms with van der Waals surface area (Å²) in [6.45, 7) is 0.321. The number of hydrogen-bond acceptors (Lipinski definition) is 1. The zero-order valence-corrected chi connectivity index (χ0v) is 13.4. The lowest BCUT2D eigenvalue weighted by Gasteiger charge is -1.98. The maximum absolute atomic E-state index is 12.0. The van der Waals surface area contributed by atoms with Gasteiger partial charge in [-0.1, -0.05) is 11.6 Å². The van der Waals surface area contributed by atoms with Crippen LogP contribution in [0.15, 0.2) is 53.3 Å². The number of pyridine rings is 1. The second-order valence-corrected chi connectivity index (χ2v) is 4.98. The number of hydrogen-bond donors (Lipinski definition) is 0. The topological polar surface area (TPSA) is 20.9 Å². The fourth-order valence-electron chi connectivity index (χ4n) is 1.48. The van der Waals surface area contributed by atoms with E-state index in [0.29, 0.717) is 17.1 Å². The summed E-state index contributed by atoms with van der Waals surface area (Å²) < 4.78 is 2.78. The van der Waals surface area contributed by atoms with Crippen LogP contribution in [0.1, 0.15) is 10.4 Å². The molecule has 1 aromatic heterocycles. The summed E-state index contributed by atoms with van der Waals surface area (Å²) in [4.78, 5) is 12.0. The van der Waals surface area contributed by atoms with Gasteiger partial charge in [0, 0.05) is 16.7 Å². The van der Waals surface area contributed by atoms with Crippen molar-refractivity contribution in [3.05, 3.63) is 63.9 Å². The molecule has 1 aromatic carbocycles. The summed E-state index contributed by atoms with van der Waals surface area (Å²) in [5, 5.41) is 0.636. The number of Topliss-reactive ketones (excluding diaryl/α,β-unsaturated/α-hetero) is 1. The quantitative estimate of drug-likeness (QED) is 0.574. The first-order valence-corrected chi connectivity index (χ1v) is 6.25. The van der Waals surface area contributed by atoms with Gasteiger partial charge in [0.25, 0.3) is 0 Å². The smallest absolute Gasteiger partial charge is 0.227 e. The van der Waals surface area contributed by atoms with Gasteiger partial charge in [-0.3, -0.25) is 4.79 Å². The molecule has 0 unspecified atom stereocenters. The van der Waals surface area contributed by atoms with Crippen molar-refractivity contribution in [2.45, 2.75) is 6.54 Å². The van der Waals surface area contributed by atoms with Crippen molar-refractivity contribution in [2.75, 3.05) is 0 Å². The van der Waals surface area contributed by atoms with E-state index in [1.165, 1.54) is 0 Å². The average molecular weight is 392 g/mol. The van der Waals surface area contributed by atoms with Crippen LogP contribution in [0.25, 0.3) is 0 Å². The number of ketones is 1. The molecule has 0 bridgehead atoms. The molecule has 0 aliphatic heterocycles. The van der Waals surface area contributed by atoms with Gasteiger partial charge in [0.1, 0.15) is 0 Å². The number of aromatic nitrogens is 1. The Hall–Kier alpha value is -0.710. The fourth-order valence-corrected chi connectivity index (χ4v) is 2.02. The third-order valence-electron chi connectivity index (χ3n) is 2.31. The average Bonchev–Trinajstić information content (AvgIpc) is 2.29. The van der Waals surface area contributed by atoms with Crippen LogP contribution in [-0.2, 0) is 6.54 Å². The number of nitrogens with zero attached hydrogens (tertiary/aromatic N) is 1. The predicted octanol–water partition coefficient (Wildman–Crippen LogP) is 3.85. The monoisotopic (exact) mass is 390 g/mol. The van der Waals surface area contributed by atoms with Gasteiger partial charge in [0.15, 0.2) is 12.4 Å². The molecular formula is C13H11Br2ClNO+. The van der Waals surface area contributed by atoms with Gasteiger partial charge >= 0.3 is 0 Å². The maximum atomic E-state index is 12.0. The van der Waals surface area contributed by atoms with Crippen LogP contribution in [0.4, 0.5) is 0 Å². The zero-order chi connectivity index (χ0) is 12.3. The first-order chi connectivity index (χ1) is 8.15. The molecule has 2 rings (SSSR count). The van der Waals surface area contributed by atoms with Crippen LogP contribution in [0, 0.1) is 0 Å². The highest BCUT2D eigenvalue weighted by Crippen LogP contribution is 2.10. The Balaban J connectivity index is 0.00000162. The number of benzene rings is 1. The molecule has 2 nitrogen and oxygen atoms in total. The van der Waals surface area contributed by atoms with Crippen LogP contribution < -0.4 is 4.57 Å². The predicted molar refractivity (Wildman–Crippen MR) is 80.4 cm³/mol. The molecule has 0 spiro atoms. The molecule has 0 saturated heterocycles. The second-order valence-electron chi connectivity index (χ2n) is 3.62. The lowest BCUT2D eigenvalue weighted by molar-refractivity contribution is -0.683. The zero-order valence-electron chi connectivity index (χ0n) is 9.35. The molecule has 0 N–H and O–H groups in total. The van der Waals surface area contributed by atoms with E-state index < -0.39 is 0 Å². The number of carbonyl (C=O) groups excluding carboxylic acids is 1. The lowest BCUT2D eigenvalue weighted by Crippen LogP contribution is -2.37. The van der Waals surface area contributed by atoms with Gasteiger partial charge in [-0.05, 0) is 46.3 Å². The third-order valence-corrected chi connectivity index (χ3v) is 3.04. The first-order valence-electron chi connectivity index (χ1n) is 5.08. The summed E-state index contributed by atoms with van der Waals surface area (Å²) >= 11 is 9.14. The van der Waals surface area contributed by atoms with Crippen LogP contribution in [0.2, 0.25) is 5.02 Å². The third kappa shape index (κ3) is 4.19. The summed E-state index contributed by atoms with van der Waals surface area (Å²) in [6.07, 6.45) is 3.73. The van der Waals surface area contributed by atoms with Gasteiger partial charge in [-0.15, -0.1) is 17.0 Å². The normalized spacial score (nSPS) is 9.67. The van der Waals surface area contributed by atoms with Crippen molar-refractivity contribution in [3.63, 3.8) is 0 Å². The molecule has 2 aromatic rings. The minimum absolute atomic E-state index is 0. The standard InChI is InChI=1S/C13H10BrClNO.BrH/c14-11-2-1-7-16(8-11)9-13(17)10-3-5-12(15)6-4-10;/h1-8H,9H2;1H/q+1;. The van der Waals surface area contributed by atoms with E-state index in [0.717, 1.165) is 4.47 Å². The van der Waals surface area contributed by atoms with Gasteiger partial charge in [0.05, 0.1) is 4.47 Å². The molecule has 18 heavy (non-hydrogen) atoms. The Morgan fingerprint density at radius 2 is 1.89 bits per heavy atom. The SMILES string of the molecule is Br.O=C(C[n+]1cccc(Br)c1)c1ccc(Cl)cc1. The number of halogens is 3. The summed E-state index contributed by atoms with van der Waals surface area (Å²) in [7, 11) is 0. The summed E-state index contributed by atoms with van der Waals surface area (Å²) in [5.41, 5.74) is 0.668. The van der Waals surface area contributed by atoms with Crippen molar-refractivity contribution in [2.24, 2.45) is 0 Å². The van der Waals surface area contributed by atoms with E-state index in [1.54, 1.807) is 24.3 Å². The van der Waals surface area contributed by atoms with Gasteiger partial charge < -0.3 is 0 Å². The molecule has 0 atom stereocenters. The highest BCUT2D eigenvalue weighted by molar-refractivity contribution is 9.10. The number of carbonyl (C=O) groups is 1. The summed E-state index contributed by atoms with van der Waals surface area (Å²) in [5.74, 6) is 0.0600. The molecule has 94 valence electrons. The number of rotatable bonds is 3. The van der Waals surface area contributed by atoms with Crippen molar-refractivity contribution in [3.8, 4) is 0 Å². The van der Waals surface area contributed by atoms with E-state index in [4.69, 9.17) is 11.6 Å². The van der Waals surface area contributed by atoms with Crippen molar-refractivity contribution in [1.29, 1.82) is 0 Å². The molecule has 0 fully saturated rings. The Morgan fingerprint density at radius 3 is 2.50 bits per heavy atom. The van der Waals surface area contributed by atoms with E-state index in [9.17, 15) is 4.79 Å². The van der Waals surface area contributed by atoms with Crippen LogP contribution in [0.5, 0.6) is 0 Å². The highest BCUT2D eigenvalue weighted by Gasteiger charge is 2.11. The Labute approximate surface area is 129 Å². The van der Waals surface area contributed by atoms with Gasteiger partial charge in [-0.25, -0.2) is 0 Å². The largest absolute Gasteiger partial charge is 0.287 e.